The van der Waals surface area contributed by atoms with Crippen LogP contribution in [0.2, 0.25) is 0 Å². The number of ketones is 1. The van der Waals surface area contributed by atoms with Crippen LogP contribution in [0.1, 0.15) is 55.2 Å². The summed E-state index contributed by atoms with van der Waals surface area (Å²) >= 11 is 0. The number of aromatic hydroxyl groups is 1. The topological polar surface area (TPSA) is 94.4 Å². The third-order valence-corrected chi connectivity index (χ3v) is 7.87. The number of ether oxygens (including phenoxy) is 3. The molecule has 2 aliphatic rings. The molecule has 7 heteroatoms. The number of carbonyl (C=O) groups is 2. The molecule has 1 N–H and O–H groups in total. The molecule has 5 rings (SSSR count). The number of hydrogen-bond acceptors (Lipinski definition) is 7. The van der Waals surface area contributed by atoms with Gasteiger partial charge in [0, 0.05) is 30.2 Å². The molecular formula is C34H35NO6. The number of esters is 1. The molecule has 0 saturated heterocycles. The molecule has 0 radical (unpaired) electrons. The fraction of sp³-hybridized carbons (Fsp3) is 0.324. The Hall–Kier alpha value is -4.39. The lowest BCUT2D eigenvalue weighted by Gasteiger charge is -2.38. The van der Waals surface area contributed by atoms with E-state index in [4.69, 9.17) is 19.2 Å². The van der Waals surface area contributed by atoms with Crippen LogP contribution in [-0.2, 0) is 20.7 Å². The minimum absolute atomic E-state index is 0.00234. The number of hydrogen-bond donors (Lipinski definition) is 1. The molecule has 1 unspecified atom stereocenters. The summed E-state index contributed by atoms with van der Waals surface area (Å²) in [6.45, 7) is 4.21. The van der Waals surface area contributed by atoms with Crippen molar-refractivity contribution < 1.29 is 28.9 Å². The molecule has 1 aliphatic heterocycles. The van der Waals surface area contributed by atoms with E-state index in [1.165, 1.54) is 0 Å². The van der Waals surface area contributed by atoms with E-state index in [0.717, 1.165) is 22.6 Å². The van der Waals surface area contributed by atoms with Crippen molar-refractivity contribution in [3.05, 3.63) is 101 Å². The summed E-state index contributed by atoms with van der Waals surface area (Å²) in [4.78, 5) is 32.4. The maximum atomic E-state index is 13.9. The normalized spacial score (nSPS) is 20.2. The van der Waals surface area contributed by atoms with E-state index in [0.29, 0.717) is 48.5 Å². The summed E-state index contributed by atoms with van der Waals surface area (Å²) in [7, 11) is 1.63. The van der Waals surface area contributed by atoms with Crippen LogP contribution in [0, 0.1) is 5.92 Å². The number of nitrogens with zero attached hydrogens (tertiary/aromatic N) is 1. The van der Waals surface area contributed by atoms with E-state index in [1.54, 1.807) is 32.2 Å². The van der Waals surface area contributed by atoms with Crippen LogP contribution < -0.4 is 9.47 Å². The molecule has 0 bridgehead atoms. The van der Waals surface area contributed by atoms with Crippen LogP contribution in [0.15, 0.2) is 89.1 Å². The van der Waals surface area contributed by atoms with Gasteiger partial charge in [-0.15, -0.1) is 0 Å². The van der Waals surface area contributed by atoms with E-state index < -0.39 is 17.8 Å². The summed E-state index contributed by atoms with van der Waals surface area (Å²) in [5, 5.41) is 10.4. The Balaban J connectivity index is 1.49. The quantitative estimate of drug-likeness (QED) is 0.319. The third kappa shape index (κ3) is 6.04. The predicted molar refractivity (Wildman–Crippen MR) is 157 cm³/mol. The zero-order chi connectivity index (χ0) is 28.9. The lowest BCUT2D eigenvalue weighted by Crippen LogP contribution is -2.41. The molecule has 7 nitrogen and oxygen atoms in total. The highest BCUT2D eigenvalue weighted by atomic mass is 16.5. The number of phenolic OH excluding ortho intramolecular Hbond substituents is 1. The number of rotatable bonds is 9. The summed E-state index contributed by atoms with van der Waals surface area (Å²) in [5.41, 5.74) is 4.49. The predicted octanol–water partition coefficient (Wildman–Crippen LogP) is 6.16. The number of methoxy groups -OCH3 is 1. The van der Waals surface area contributed by atoms with Gasteiger partial charge >= 0.3 is 5.97 Å². The first-order valence-electron chi connectivity index (χ1n) is 14.0. The standard InChI is InChI=1S/C34H35NO6/c1-4-40-30-20-24(12-15-28(30)36)32-31(34(38)41-17-16-22-8-6-5-7-9-22)21(2)35-27-18-25(19-29(37)33(27)32)23-10-13-26(39-3)14-11-23/h5-15,20,25,32-33,36H,4,16-19H2,1-3H3/t25-,32+,33?/m1/s1. The van der Waals surface area contributed by atoms with Crippen molar-refractivity contribution in [3.8, 4) is 17.2 Å². The average Bonchev–Trinajstić information content (AvgIpc) is 2.98. The first kappa shape index (κ1) is 28.1. The molecule has 3 aromatic carbocycles. The lowest BCUT2D eigenvalue weighted by atomic mass is 9.66. The second-order valence-corrected chi connectivity index (χ2v) is 10.4. The van der Waals surface area contributed by atoms with E-state index in [1.807, 2.05) is 61.5 Å². The van der Waals surface area contributed by atoms with Crippen molar-refractivity contribution >= 4 is 17.5 Å². The molecule has 212 valence electrons. The highest BCUT2D eigenvalue weighted by molar-refractivity contribution is 6.12. The van der Waals surface area contributed by atoms with Crippen LogP contribution in [0.5, 0.6) is 17.2 Å². The number of Topliss-reactive ketones (excluding diaryl/α,β-unsaturated/α-hetero) is 1. The Bertz CT molecular complexity index is 1470. The van der Waals surface area contributed by atoms with Crippen molar-refractivity contribution in [3.63, 3.8) is 0 Å². The Kier molecular flexibility index (Phi) is 8.53. The van der Waals surface area contributed by atoms with Crippen molar-refractivity contribution in [2.45, 2.75) is 44.9 Å². The largest absolute Gasteiger partial charge is 0.504 e. The summed E-state index contributed by atoms with van der Waals surface area (Å²) in [6.07, 6.45) is 1.51. The molecule has 0 aromatic heterocycles. The summed E-state index contributed by atoms with van der Waals surface area (Å²) in [6, 6.07) is 22.6. The minimum atomic E-state index is -0.608. The Morgan fingerprint density at radius 3 is 2.41 bits per heavy atom. The first-order valence-corrected chi connectivity index (χ1v) is 14.0. The van der Waals surface area contributed by atoms with Gasteiger partial charge in [-0.05, 0) is 67.1 Å². The van der Waals surface area contributed by atoms with Gasteiger partial charge in [-0.2, -0.15) is 0 Å². The van der Waals surface area contributed by atoms with Gasteiger partial charge in [0.15, 0.2) is 11.5 Å². The fourth-order valence-electron chi connectivity index (χ4n) is 5.89. The van der Waals surface area contributed by atoms with Gasteiger partial charge in [0.2, 0.25) is 0 Å². The van der Waals surface area contributed by atoms with E-state index in [9.17, 15) is 14.7 Å². The molecule has 0 spiro atoms. The number of phenols is 1. The van der Waals surface area contributed by atoms with E-state index >= 15 is 0 Å². The summed E-state index contributed by atoms with van der Waals surface area (Å²) < 4.78 is 16.7. The maximum absolute atomic E-state index is 13.9. The number of benzene rings is 3. The van der Waals surface area contributed by atoms with Crippen molar-refractivity contribution in [1.29, 1.82) is 0 Å². The zero-order valence-electron chi connectivity index (χ0n) is 23.6. The second kappa shape index (κ2) is 12.4. The SMILES string of the molecule is CCOc1cc([C@H]2C(C(=O)OCCc3ccccc3)=C(C)N=C3C[C@@H](c4ccc(OC)cc4)CC(=O)C32)ccc1O. The highest BCUT2D eigenvalue weighted by Crippen LogP contribution is 2.47. The molecule has 41 heavy (non-hydrogen) atoms. The number of carbonyl (C=O) groups excluding carboxylic acids is 2. The summed E-state index contributed by atoms with van der Waals surface area (Å²) in [5.74, 6) is -0.619. The molecular weight excluding hydrogens is 518 g/mol. The number of fused-ring (bicyclic) bond motifs is 1. The van der Waals surface area contributed by atoms with Crippen LogP contribution in [0.4, 0.5) is 0 Å². The van der Waals surface area contributed by atoms with Crippen LogP contribution in [0.3, 0.4) is 0 Å². The Morgan fingerprint density at radius 1 is 0.976 bits per heavy atom. The fourth-order valence-corrected chi connectivity index (χ4v) is 5.89. The van der Waals surface area contributed by atoms with Gasteiger partial charge in [-0.3, -0.25) is 9.79 Å². The molecule has 0 amide bonds. The zero-order valence-corrected chi connectivity index (χ0v) is 23.6. The van der Waals surface area contributed by atoms with Crippen molar-refractivity contribution in [1.82, 2.24) is 0 Å². The first-order chi connectivity index (χ1) is 19.9. The molecule has 3 atom stereocenters. The molecule has 1 fully saturated rings. The van der Waals surface area contributed by atoms with E-state index in [-0.39, 0.29) is 24.1 Å². The molecule has 1 heterocycles. The van der Waals surface area contributed by atoms with Gasteiger partial charge in [0.1, 0.15) is 11.5 Å². The minimum Gasteiger partial charge on any atom is -0.504 e. The Labute approximate surface area is 240 Å². The number of aliphatic imine (C=N–C) groups is 1. The van der Waals surface area contributed by atoms with Gasteiger partial charge in [-0.25, -0.2) is 4.79 Å². The molecule has 1 saturated carbocycles. The average molecular weight is 554 g/mol. The van der Waals surface area contributed by atoms with Crippen LogP contribution in [0.25, 0.3) is 0 Å². The molecule has 3 aromatic rings. The lowest BCUT2D eigenvalue weighted by molar-refractivity contribution is -0.139. The smallest absolute Gasteiger partial charge is 0.336 e. The van der Waals surface area contributed by atoms with Gasteiger partial charge < -0.3 is 19.3 Å². The third-order valence-electron chi connectivity index (χ3n) is 7.87. The van der Waals surface area contributed by atoms with Crippen LogP contribution in [-0.4, -0.2) is 42.9 Å². The highest BCUT2D eigenvalue weighted by Gasteiger charge is 2.46. The van der Waals surface area contributed by atoms with Gasteiger partial charge in [-0.1, -0.05) is 48.5 Å². The number of allylic oxidation sites excluding steroid dienone is 1. The second-order valence-electron chi connectivity index (χ2n) is 10.4. The van der Waals surface area contributed by atoms with Gasteiger partial charge in [0.25, 0.3) is 0 Å². The van der Waals surface area contributed by atoms with Gasteiger partial charge in [0.05, 0.1) is 31.8 Å². The Morgan fingerprint density at radius 2 is 1.71 bits per heavy atom. The van der Waals surface area contributed by atoms with E-state index in [2.05, 4.69) is 0 Å². The van der Waals surface area contributed by atoms with Crippen molar-refractivity contribution in [2.75, 3.05) is 20.3 Å². The monoisotopic (exact) mass is 553 g/mol. The van der Waals surface area contributed by atoms with Crippen molar-refractivity contribution in [2.24, 2.45) is 10.9 Å². The molecule has 1 aliphatic carbocycles. The van der Waals surface area contributed by atoms with Crippen LogP contribution >= 0.6 is 0 Å². The maximum Gasteiger partial charge on any atom is 0.336 e.